The molecular formula is C20H21F2NO. The van der Waals surface area contributed by atoms with Gasteiger partial charge in [-0.2, -0.15) is 0 Å². The third kappa shape index (κ3) is 4.19. The van der Waals surface area contributed by atoms with Crippen molar-refractivity contribution in [2.45, 2.75) is 38.0 Å². The van der Waals surface area contributed by atoms with E-state index in [1.165, 1.54) is 18.2 Å². The molecule has 1 saturated carbocycles. The molecule has 0 heterocycles. The summed E-state index contributed by atoms with van der Waals surface area (Å²) >= 11 is 0. The number of nitrogens with one attached hydrogen (secondary N) is 1. The fourth-order valence-electron chi connectivity index (χ4n) is 3.49. The van der Waals surface area contributed by atoms with Crippen LogP contribution in [-0.4, -0.2) is 5.91 Å². The van der Waals surface area contributed by atoms with E-state index >= 15 is 0 Å². The molecule has 126 valence electrons. The topological polar surface area (TPSA) is 29.1 Å². The molecule has 1 amide bonds. The molecule has 0 bridgehead atoms. The summed E-state index contributed by atoms with van der Waals surface area (Å²) in [6.07, 6.45) is 4.14. The van der Waals surface area contributed by atoms with Crippen LogP contribution in [0.15, 0.2) is 48.5 Å². The maximum atomic E-state index is 13.9. The molecule has 0 atom stereocenters. The average Bonchev–Trinajstić information content (AvgIpc) is 2.58. The van der Waals surface area contributed by atoms with Crippen molar-refractivity contribution in [3.8, 4) is 0 Å². The van der Waals surface area contributed by atoms with Crippen molar-refractivity contribution in [1.82, 2.24) is 0 Å². The average molecular weight is 329 g/mol. The second-order valence-corrected chi connectivity index (χ2v) is 6.50. The van der Waals surface area contributed by atoms with Crippen LogP contribution in [0.5, 0.6) is 0 Å². The molecule has 0 spiro atoms. The van der Waals surface area contributed by atoms with Gasteiger partial charge in [-0.25, -0.2) is 8.78 Å². The number of anilines is 1. The zero-order valence-electron chi connectivity index (χ0n) is 13.5. The second-order valence-electron chi connectivity index (χ2n) is 6.50. The van der Waals surface area contributed by atoms with Crippen LogP contribution < -0.4 is 5.32 Å². The van der Waals surface area contributed by atoms with Crippen molar-refractivity contribution in [2.24, 2.45) is 5.92 Å². The lowest BCUT2D eigenvalue weighted by atomic mass is 9.77. The van der Waals surface area contributed by atoms with Gasteiger partial charge in [0.15, 0.2) is 0 Å². The van der Waals surface area contributed by atoms with E-state index in [0.717, 1.165) is 31.2 Å². The lowest BCUT2D eigenvalue weighted by Gasteiger charge is -2.28. The van der Waals surface area contributed by atoms with Crippen molar-refractivity contribution in [3.05, 3.63) is 65.7 Å². The molecule has 4 heteroatoms. The number of hydrogen-bond donors (Lipinski definition) is 1. The largest absolute Gasteiger partial charge is 0.326 e. The molecule has 3 rings (SSSR count). The SMILES string of the molecule is O=C(C[C@H]1CC[C@@H](c2ccccc2F)CC1)Nc1ccc(F)cc1. The summed E-state index contributed by atoms with van der Waals surface area (Å²) in [7, 11) is 0. The standard InChI is InChI=1S/C20H21F2NO/c21-16-9-11-17(12-10-16)23-20(24)13-14-5-7-15(8-6-14)18-3-1-2-4-19(18)22/h1-4,9-12,14-15H,5-8,13H2,(H,23,24)/t14-,15+. The molecule has 1 aliphatic carbocycles. The van der Waals surface area contributed by atoms with Gasteiger partial charge in [-0.1, -0.05) is 18.2 Å². The molecule has 2 aromatic rings. The summed E-state index contributed by atoms with van der Waals surface area (Å²) < 4.78 is 26.7. The Labute approximate surface area is 140 Å². The molecule has 0 radical (unpaired) electrons. The molecule has 2 aromatic carbocycles. The van der Waals surface area contributed by atoms with Gasteiger partial charge in [0.05, 0.1) is 0 Å². The molecule has 1 N–H and O–H groups in total. The first kappa shape index (κ1) is 16.6. The summed E-state index contributed by atoms with van der Waals surface area (Å²) in [4.78, 5) is 12.1. The van der Waals surface area contributed by atoms with Gasteiger partial charge in [0.2, 0.25) is 5.91 Å². The van der Waals surface area contributed by atoms with Crippen LogP contribution >= 0.6 is 0 Å². The highest BCUT2D eigenvalue weighted by Gasteiger charge is 2.25. The second kappa shape index (κ2) is 7.56. The number of rotatable bonds is 4. The van der Waals surface area contributed by atoms with Crippen LogP contribution in [0.4, 0.5) is 14.5 Å². The highest BCUT2D eigenvalue weighted by atomic mass is 19.1. The predicted molar refractivity (Wildman–Crippen MR) is 90.7 cm³/mol. The van der Waals surface area contributed by atoms with E-state index in [1.807, 2.05) is 12.1 Å². The summed E-state index contributed by atoms with van der Waals surface area (Å²) in [6, 6.07) is 12.7. The van der Waals surface area contributed by atoms with Crippen LogP contribution in [0, 0.1) is 17.6 Å². The Morgan fingerprint density at radius 3 is 2.29 bits per heavy atom. The Balaban J connectivity index is 1.49. The number of benzene rings is 2. The highest BCUT2D eigenvalue weighted by Crippen LogP contribution is 2.38. The van der Waals surface area contributed by atoms with Crippen molar-refractivity contribution in [3.63, 3.8) is 0 Å². The number of amides is 1. The molecule has 0 unspecified atom stereocenters. The Bertz CT molecular complexity index is 691. The van der Waals surface area contributed by atoms with Crippen LogP contribution in [0.2, 0.25) is 0 Å². The lowest BCUT2D eigenvalue weighted by molar-refractivity contribution is -0.117. The number of hydrogen-bond acceptors (Lipinski definition) is 1. The highest BCUT2D eigenvalue weighted by molar-refractivity contribution is 5.90. The first-order chi connectivity index (χ1) is 11.6. The summed E-state index contributed by atoms with van der Waals surface area (Å²) in [5.74, 6) is 0.0847. The maximum Gasteiger partial charge on any atom is 0.224 e. The van der Waals surface area contributed by atoms with E-state index < -0.39 is 0 Å². The Morgan fingerprint density at radius 2 is 1.62 bits per heavy atom. The quantitative estimate of drug-likeness (QED) is 0.813. The van der Waals surface area contributed by atoms with Crippen molar-refractivity contribution >= 4 is 11.6 Å². The molecule has 24 heavy (non-hydrogen) atoms. The molecule has 1 fully saturated rings. The lowest BCUT2D eigenvalue weighted by Crippen LogP contribution is -2.20. The first-order valence-corrected chi connectivity index (χ1v) is 8.41. The van der Waals surface area contributed by atoms with Crippen LogP contribution in [-0.2, 0) is 4.79 Å². The van der Waals surface area contributed by atoms with Gasteiger partial charge in [0.25, 0.3) is 0 Å². The van der Waals surface area contributed by atoms with E-state index in [2.05, 4.69) is 5.32 Å². The monoisotopic (exact) mass is 329 g/mol. The van der Waals surface area contributed by atoms with Crippen LogP contribution in [0.3, 0.4) is 0 Å². The Hall–Kier alpha value is -2.23. The number of carbonyl (C=O) groups excluding carboxylic acids is 1. The minimum atomic E-state index is -0.320. The zero-order valence-corrected chi connectivity index (χ0v) is 13.5. The predicted octanol–water partition coefficient (Wildman–Crippen LogP) is 5.27. The smallest absolute Gasteiger partial charge is 0.224 e. The van der Waals surface area contributed by atoms with E-state index in [-0.39, 0.29) is 23.5 Å². The van der Waals surface area contributed by atoms with E-state index in [9.17, 15) is 13.6 Å². The molecular weight excluding hydrogens is 308 g/mol. The van der Waals surface area contributed by atoms with Gasteiger partial charge < -0.3 is 5.32 Å². The summed E-state index contributed by atoms with van der Waals surface area (Å²) in [6.45, 7) is 0. The van der Waals surface area contributed by atoms with E-state index in [4.69, 9.17) is 0 Å². The van der Waals surface area contributed by atoms with Gasteiger partial charge in [0.1, 0.15) is 11.6 Å². The summed E-state index contributed by atoms with van der Waals surface area (Å²) in [5.41, 5.74) is 1.41. The fraction of sp³-hybridized carbons (Fsp3) is 0.350. The van der Waals surface area contributed by atoms with Gasteiger partial charge in [-0.3, -0.25) is 4.79 Å². The van der Waals surface area contributed by atoms with Gasteiger partial charge in [0, 0.05) is 12.1 Å². The minimum Gasteiger partial charge on any atom is -0.326 e. The van der Waals surface area contributed by atoms with Crippen molar-refractivity contribution in [2.75, 3.05) is 5.32 Å². The van der Waals surface area contributed by atoms with Crippen molar-refractivity contribution in [1.29, 1.82) is 0 Å². The Kier molecular flexibility index (Phi) is 5.24. The minimum absolute atomic E-state index is 0.0454. The fourth-order valence-corrected chi connectivity index (χ4v) is 3.49. The zero-order chi connectivity index (χ0) is 16.9. The van der Waals surface area contributed by atoms with Gasteiger partial charge >= 0.3 is 0 Å². The number of halogens is 2. The number of carbonyl (C=O) groups is 1. The maximum absolute atomic E-state index is 13.9. The molecule has 1 aliphatic rings. The van der Waals surface area contributed by atoms with Crippen molar-refractivity contribution < 1.29 is 13.6 Å². The van der Waals surface area contributed by atoms with E-state index in [0.29, 0.717) is 18.0 Å². The first-order valence-electron chi connectivity index (χ1n) is 8.41. The molecule has 0 aromatic heterocycles. The Morgan fingerprint density at radius 1 is 0.958 bits per heavy atom. The van der Waals surface area contributed by atoms with E-state index in [1.54, 1.807) is 18.2 Å². The van der Waals surface area contributed by atoms with Gasteiger partial charge in [-0.05, 0) is 73.4 Å². The molecule has 0 aliphatic heterocycles. The van der Waals surface area contributed by atoms with Crippen LogP contribution in [0.1, 0.15) is 43.6 Å². The third-order valence-electron chi connectivity index (χ3n) is 4.79. The van der Waals surface area contributed by atoms with Gasteiger partial charge in [-0.15, -0.1) is 0 Å². The molecule has 0 saturated heterocycles. The summed E-state index contributed by atoms with van der Waals surface area (Å²) in [5, 5.41) is 2.80. The third-order valence-corrected chi connectivity index (χ3v) is 4.79. The molecule has 2 nitrogen and oxygen atoms in total. The van der Waals surface area contributed by atoms with Crippen LogP contribution in [0.25, 0.3) is 0 Å². The normalized spacial score (nSPS) is 20.6.